The summed E-state index contributed by atoms with van der Waals surface area (Å²) >= 11 is 0. The second-order valence-corrected chi connectivity index (χ2v) is 7.64. The summed E-state index contributed by atoms with van der Waals surface area (Å²) in [4.78, 5) is 31.4. The van der Waals surface area contributed by atoms with Gasteiger partial charge in [0, 0.05) is 45.5 Å². The predicted octanol–water partition coefficient (Wildman–Crippen LogP) is 1.72. The van der Waals surface area contributed by atoms with Gasteiger partial charge in [0.05, 0.1) is 23.4 Å². The molecule has 0 unspecified atom stereocenters. The minimum Gasteiger partial charge on any atom is -0.373 e. The number of carbonyl (C=O) groups excluding carboxylic acids is 1. The molecule has 11 heteroatoms. The standard InChI is InChI=1S/C21H20N8O3/c1-28-11-18(23-12-28)26-20-22-8-6-15(25-20)13-4-3-5-14(24-13)16-10-17(32-27-16)21(31)7-9-29(2)19(21)30/h3-6,8,10-12,31H,7,9H2,1-2H3,(H,22,25,26)/t21-/m1/s1. The van der Waals surface area contributed by atoms with E-state index in [4.69, 9.17) is 4.52 Å². The highest BCUT2D eigenvalue weighted by Gasteiger charge is 2.48. The topological polar surface area (TPSA) is 135 Å². The Hall–Kier alpha value is -4.12. The van der Waals surface area contributed by atoms with E-state index in [2.05, 4.69) is 30.4 Å². The maximum atomic E-state index is 12.3. The maximum absolute atomic E-state index is 12.3. The SMILES string of the molecule is CN1CC[C@@](O)(c2cc(-c3cccc(-c4ccnc(Nc5cn(C)cn5)n4)n3)no2)C1=O. The third-order valence-corrected chi connectivity index (χ3v) is 5.30. The van der Waals surface area contributed by atoms with E-state index >= 15 is 0 Å². The number of aromatic nitrogens is 6. The van der Waals surface area contributed by atoms with Crippen LogP contribution in [0.25, 0.3) is 22.8 Å². The zero-order chi connectivity index (χ0) is 22.3. The van der Waals surface area contributed by atoms with Crippen molar-refractivity contribution < 1.29 is 14.4 Å². The van der Waals surface area contributed by atoms with Crippen molar-refractivity contribution in [2.45, 2.75) is 12.0 Å². The summed E-state index contributed by atoms with van der Waals surface area (Å²) in [6.45, 7) is 0.446. The summed E-state index contributed by atoms with van der Waals surface area (Å²) in [5.41, 5.74) is 0.455. The molecular weight excluding hydrogens is 412 g/mol. The van der Waals surface area contributed by atoms with Crippen LogP contribution in [0.5, 0.6) is 0 Å². The smallest absolute Gasteiger partial charge is 0.262 e. The first-order chi connectivity index (χ1) is 15.4. The molecule has 0 aromatic carbocycles. The lowest BCUT2D eigenvalue weighted by molar-refractivity contribution is -0.144. The molecule has 0 radical (unpaired) electrons. The van der Waals surface area contributed by atoms with Crippen molar-refractivity contribution in [3.8, 4) is 22.8 Å². The van der Waals surface area contributed by atoms with Gasteiger partial charge in [-0.2, -0.15) is 0 Å². The van der Waals surface area contributed by atoms with E-state index < -0.39 is 11.5 Å². The Labute approximate surface area is 182 Å². The highest BCUT2D eigenvalue weighted by atomic mass is 16.5. The van der Waals surface area contributed by atoms with Crippen molar-refractivity contribution in [3.63, 3.8) is 0 Å². The van der Waals surface area contributed by atoms with Gasteiger partial charge < -0.3 is 24.4 Å². The lowest BCUT2D eigenvalue weighted by Gasteiger charge is -2.16. The van der Waals surface area contributed by atoms with Crippen LogP contribution in [0.1, 0.15) is 12.2 Å². The fourth-order valence-corrected chi connectivity index (χ4v) is 3.55. The van der Waals surface area contributed by atoms with E-state index in [-0.39, 0.29) is 12.2 Å². The average Bonchev–Trinajstić information content (AvgIpc) is 3.52. The van der Waals surface area contributed by atoms with E-state index in [0.29, 0.717) is 41.1 Å². The fraction of sp³-hybridized carbons (Fsp3) is 0.238. The van der Waals surface area contributed by atoms with Gasteiger partial charge in [0.25, 0.3) is 5.91 Å². The molecule has 4 aromatic rings. The fourth-order valence-electron chi connectivity index (χ4n) is 3.55. The number of aryl methyl sites for hydroxylation is 1. The molecule has 5 heterocycles. The number of rotatable bonds is 5. The minimum absolute atomic E-state index is 0.109. The highest BCUT2D eigenvalue weighted by Crippen LogP contribution is 2.34. The quantitative estimate of drug-likeness (QED) is 0.483. The van der Waals surface area contributed by atoms with Crippen molar-refractivity contribution in [3.05, 3.63) is 54.8 Å². The molecule has 4 aromatic heterocycles. The Bertz CT molecular complexity index is 1300. The zero-order valence-corrected chi connectivity index (χ0v) is 17.4. The van der Waals surface area contributed by atoms with Crippen LogP contribution in [0, 0.1) is 0 Å². The number of hydrogen-bond acceptors (Lipinski definition) is 9. The molecule has 0 bridgehead atoms. The molecule has 1 saturated heterocycles. The number of imidazole rings is 1. The average molecular weight is 432 g/mol. The summed E-state index contributed by atoms with van der Waals surface area (Å²) in [5.74, 6) is 0.725. The molecule has 1 atom stereocenters. The van der Waals surface area contributed by atoms with E-state index in [1.54, 1.807) is 37.8 Å². The van der Waals surface area contributed by atoms with Crippen molar-refractivity contribution in [2.24, 2.45) is 7.05 Å². The van der Waals surface area contributed by atoms with Gasteiger partial charge in [-0.3, -0.25) is 4.79 Å². The lowest BCUT2D eigenvalue weighted by atomic mass is 9.98. The van der Waals surface area contributed by atoms with E-state index in [9.17, 15) is 9.90 Å². The largest absolute Gasteiger partial charge is 0.373 e. The van der Waals surface area contributed by atoms with Crippen molar-refractivity contribution in [2.75, 3.05) is 18.9 Å². The molecule has 5 rings (SSSR count). The van der Waals surface area contributed by atoms with Crippen LogP contribution in [0.4, 0.5) is 11.8 Å². The van der Waals surface area contributed by atoms with Crippen LogP contribution in [-0.4, -0.2) is 59.2 Å². The van der Waals surface area contributed by atoms with Gasteiger partial charge in [0.1, 0.15) is 5.69 Å². The number of hydrogen-bond donors (Lipinski definition) is 2. The summed E-state index contributed by atoms with van der Waals surface area (Å²) in [6, 6.07) is 8.71. The molecule has 1 amide bonds. The second-order valence-electron chi connectivity index (χ2n) is 7.64. The van der Waals surface area contributed by atoms with Crippen molar-refractivity contribution in [1.82, 2.24) is 34.6 Å². The Kier molecular flexibility index (Phi) is 4.67. The Morgan fingerprint density at radius 1 is 1.09 bits per heavy atom. The highest BCUT2D eigenvalue weighted by molar-refractivity contribution is 5.87. The van der Waals surface area contributed by atoms with E-state index in [0.717, 1.165) is 0 Å². The summed E-state index contributed by atoms with van der Waals surface area (Å²) in [6.07, 6.45) is 5.38. The van der Waals surface area contributed by atoms with Crippen LogP contribution in [0.3, 0.4) is 0 Å². The first-order valence-corrected chi connectivity index (χ1v) is 9.93. The number of likely N-dealkylation sites (N-methyl/N-ethyl adjacent to an activating group) is 1. The molecule has 1 fully saturated rings. The Morgan fingerprint density at radius 2 is 1.88 bits per heavy atom. The van der Waals surface area contributed by atoms with Gasteiger partial charge in [-0.15, -0.1) is 0 Å². The summed E-state index contributed by atoms with van der Waals surface area (Å²) < 4.78 is 7.14. The molecule has 32 heavy (non-hydrogen) atoms. The van der Waals surface area contributed by atoms with Gasteiger partial charge in [0.15, 0.2) is 11.6 Å². The van der Waals surface area contributed by atoms with Crippen molar-refractivity contribution >= 4 is 17.7 Å². The summed E-state index contributed by atoms with van der Waals surface area (Å²) in [7, 11) is 3.51. The van der Waals surface area contributed by atoms with Crippen molar-refractivity contribution in [1.29, 1.82) is 0 Å². The number of nitrogens with one attached hydrogen (secondary N) is 1. The zero-order valence-electron chi connectivity index (χ0n) is 17.4. The predicted molar refractivity (Wildman–Crippen MR) is 113 cm³/mol. The molecular formula is C21H20N8O3. The maximum Gasteiger partial charge on any atom is 0.262 e. The Balaban J connectivity index is 1.42. The van der Waals surface area contributed by atoms with Gasteiger partial charge >= 0.3 is 0 Å². The molecule has 1 aliphatic rings. The number of anilines is 2. The number of carbonyl (C=O) groups is 1. The minimum atomic E-state index is -1.70. The van der Waals surface area contributed by atoms with E-state index in [1.165, 1.54) is 4.90 Å². The number of likely N-dealkylation sites (tertiary alicyclic amines) is 1. The molecule has 0 saturated carbocycles. The van der Waals surface area contributed by atoms with Crippen LogP contribution in [-0.2, 0) is 17.4 Å². The van der Waals surface area contributed by atoms with Gasteiger partial charge in [-0.05, 0) is 18.2 Å². The van der Waals surface area contributed by atoms with Crippen LogP contribution >= 0.6 is 0 Å². The molecule has 11 nitrogen and oxygen atoms in total. The van der Waals surface area contributed by atoms with Gasteiger partial charge in [0.2, 0.25) is 11.5 Å². The normalized spacial score (nSPS) is 18.3. The first-order valence-electron chi connectivity index (χ1n) is 9.93. The second kappa shape index (κ2) is 7.54. The molecule has 0 spiro atoms. The number of nitrogens with zero attached hydrogens (tertiary/aromatic N) is 7. The third-order valence-electron chi connectivity index (χ3n) is 5.30. The molecule has 162 valence electrons. The molecule has 2 N–H and O–H groups in total. The monoisotopic (exact) mass is 432 g/mol. The van der Waals surface area contributed by atoms with E-state index in [1.807, 2.05) is 29.9 Å². The number of aliphatic hydroxyl groups is 1. The van der Waals surface area contributed by atoms with Crippen LogP contribution < -0.4 is 5.32 Å². The van der Waals surface area contributed by atoms with Gasteiger partial charge in [-0.1, -0.05) is 11.2 Å². The first kappa shape index (κ1) is 19.8. The number of pyridine rings is 1. The molecule has 1 aliphatic heterocycles. The Morgan fingerprint density at radius 3 is 2.59 bits per heavy atom. The third kappa shape index (κ3) is 3.48. The summed E-state index contributed by atoms with van der Waals surface area (Å²) in [5, 5.41) is 17.8. The van der Waals surface area contributed by atoms with Gasteiger partial charge in [-0.25, -0.2) is 19.9 Å². The number of amides is 1. The van der Waals surface area contributed by atoms with Crippen LogP contribution in [0.15, 0.2) is 53.6 Å². The van der Waals surface area contributed by atoms with Crippen LogP contribution in [0.2, 0.25) is 0 Å². The molecule has 0 aliphatic carbocycles. The lowest BCUT2D eigenvalue weighted by Crippen LogP contribution is -2.35.